The predicted octanol–water partition coefficient (Wildman–Crippen LogP) is 1.86. The average Bonchev–Trinajstić information content (AvgIpc) is 2.85. The van der Waals surface area contributed by atoms with Crippen LogP contribution in [0, 0.1) is 0 Å². The molecule has 1 amide bonds. The van der Waals surface area contributed by atoms with Gasteiger partial charge in [-0.15, -0.1) is 23.7 Å². The summed E-state index contributed by atoms with van der Waals surface area (Å²) in [7, 11) is 0. The van der Waals surface area contributed by atoms with Crippen molar-refractivity contribution in [2.24, 2.45) is 0 Å². The minimum atomic E-state index is -0.0622. The maximum atomic E-state index is 11.6. The van der Waals surface area contributed by atoms with Gasteiger partial charge in [-0.2, -0.15) is 0 Å². The quantitative estimate of drug-likeness (QED) is 0.567. The number of hydrogen-bond donors (Lipinski definition) is 2. The maximum absolute atomic E-state index is 11.6. The molecule has 0 aliphatic rings. The zero-order valence-corrected chi connectivity index (χ0v) is 12.0. The van der Waals surface area contributed by atoms with Crippen LogP contribution in [0.25, 0.3) is 0 Å². The van der Waals surface area contributed by atoms with Gasteiger partial charge in [-0.3, -0.25) is 9.59 Å². The molecule has 102 valence electrons. The summed E-state index contributed by atoms with van der Waals surface area (Å²) in [5.74, 6) is -0.0188. The first kappa shape index (κ1) is 17.1. The van der Waals surface area contributed by atoms with E-state index in [-0.39, 0.29) is 36.9 Å². The first-order valence-corrected chi connectivity index (χ1v) is 6.66. The number of thiophene rings is 1. The van der Waals surface area contributed by atoms with Gasteiger partial charge in [-0.25, -0.2) is 0 Å². The van der Waals surface area contributed by atoms with E-state index < -0.39 is 0 Å². The summed E-state index contributed by atoms with van der Waals surface area (Å²) in [5, 5.41) is 7.74. The van der Waals surface area contributed by atoms with Gasteiger partial charge in [0.25, 0.3) is 0 Å². The number of amides is 1. The Kier molecular flexibility index (Phi) is 9.55. The number of carbonyl (C=O) groups is 2. The molecule has 1 heterocycles. The zero-order chi connectivity index (χ0) is 12.5. The molecule has 0 aromatic carbocycles. The molecule has 2 N–H and O–H groups in total. The van der Waals surface area contributed by atoms with Crippen molar-refractivity contribution in [3.8, 4) is 0 Å². The summed E-state index contributed by atoms with van der Waals surface area (Å²) in [6.45, 7) is 4.29. The molecule has 1 aromatic rings. The Morgan fingerprint density at radius 2 is 2.06 bits per heavy atom. The van der Waals surface area contributed by atoms with E-state index in [0.29, 0.717) is 6.54 Å². The smallest absolute Gasteiger partial charge is 0.220 e. The lowest BCUT2D eigenvalue weighted by molar-refractivity contribution is -0.121. The molecule has 6 heteroatoms. The molecule has 0 saturated heterocycles. The molecular formula is C12H19ClN2O2S. The second-order valence-corrected chi connectivity index (χ2v) is 4.55. The highest BCUT2D eigenvalue weighted by atomic mass is 35.5. The Bertz CT molecular complexity index is 355. The maximum Gasteiger partial charge on any atom is 0.220 e. The fourth-order valence-corrected chi connectivity index (χ4v) is 2.04. The number of hydrogen-bond acceptors (Lipinski definition) is 4. The Hall–Kier alpha value is -0.910. The van der Waals surface area contributed by atoms with Crippen LogP contribution < -0.4 is 10.6 Å². The molecule has 0 aliphatic carbocycles. The molecule has 0 saturated carbocycles. The van der Waals surface area contributed by atoms with Gasteiger partial charge < -0.3 is 10.6 Å². The van der Waals surface area contributed by atoms with Crippen molar-refractivity contribution in [1.29, 1.82) is 0 Å². The van der Waals surface area contributed by atoms with Gasteiger partial charge in [0, 0.05) is 25.9 Å². The summed E-state index contributed by atoms with van der Waals surface area (Å²) in [6.07, 6.45) is 0.552. The minimum absolute atomic E-state index is 0. The van der Waals surface area contributed by atoms with Gasteiger partial charge in [0.2, 0.25) is 5.91 Å². The lowest BCUT2D eigenvalue weighted by Crippen LogP contribution is -2.31. The predicted molar refractivity (Wildman–Crippen MR) is 76.7 cm³/mol. The van der Waals surface area contributed by atoms with Crippen LogP contribution in [0.15, 0.2) is 17.5 Å². The Morgan fingerprint density at radius 3 is 2.67 bits per heavy atom. The Balaban J connectivity index is 0.00000289. The van der Waals surface area contributed by atoms with Crippen molar-refractivity contribution >= 4 is 35.4 Å². The van der Waals surface area contributed by atoms with E-state index in [9.17, 15) is 9.59 Å². The molecule has 1 rings (SSSR count). The normalized spacial score (nSPS) is 9.61. The number of halogens is 1. The topological polar surface area (TPSA) is 58.2 Å². The molecule has 1 aromatic heterocycles. The molecule has 0 unspecified atom stereocenters. The van der Waals surface area contributed by atoms with Crippen LogP contribution in [-0.2, 0) is 4.79 Å². The van der Waals surface area contributed by atoms with Crippen LogP contribution in [0.4, 0.5) is 0 Å². The van der Waals surface area contributed by atoms with Crippen LogP contribution in [-0.4, -0.2) is 31.3 Å². The van der Waals surface area contributed by atoms with Gasteiger partial charge in [0.05, 0.1) is 4.88 Å². The standard InChI is InChI=1S/C12H18N2O2S.ClH/c1-2-13-7-8-14-12(16)6-5-10(15)11-4-3-9-17-11;/h3-4,9,13H,2,5-8H2,1H3,(H,14,16);1H. The molecule has 0 fully saturated rings. The number of Topliss-reactive ketones (excluding diaryl/α,β-unsaturated/α-hetero) is 1. The highest BCUT2D eigenvalue weighted by Gasteiger charge is 2.09. The Morgan fingerprint density at radius 1 is 1.28 bits per heavy atom. The molecular weight excluding hydrogens is 272 g/mol. The lowest BCUT2D eigenvalue weighted by Gasteiger charge is -2.04. The highest BCUT2D eigenvalue weighted by Crippen LogP contribution is 2.11. The third-order valence-electron chi connectivity index (χ3n) is 2.25. The third kappa shape index (κ3) is 6.74. The van der Waals surface area contributed by atoms with Crippen molar-refractivity contribution < 1.29 is 9.59 Å². The molecule has 0 bridgehead atoms. The van der Waals surface area contributed by atoms with Crippen LogP contribution in [0.2, 0.25) is 0 Å². The zero-order valence-electron chi connectivity index (χ0n) is 10.4. The van der Waals surface area contributed by atoms with Crippen LogP contribution in [0.3, 0.4) is 0 Å². The Labute approximate surface area is 118 Å². The summed E-state index contributed by atoms with van der Waals surface area (Å²) in [6, 6.07) is 3.63. The molecule has 0 radical (unpaired) electrons. The number of carbonyl (C=O) groups excluding carboxylic acids is 2. The van der Waals surface area contributed by atoms with E-state index in [4.69, 9.17) is 0 Å². The number of nitrogens with one attached hydrogen (secondary N) is 2. The summed E-state index contributed by atoms with van der Waals surface area (Å²) in [5.41, 5.74) is 0. The second kappa shape index (κ2) is 10.1. The summed E-state index contributed by atoms with van der Waals surface area (Å²) in [4.78, 5) is 23.7. The largest absolute Gasteiger partial charge is 0.355 e. The van der Waals surface area contributed by atoms with Crippen LogP contribution >= 0.6 is 23.7 Å². The van der Waals surface area contributed by atoms with E-state index in [1.54, 1.807) is 6.07 Å². The first-order valence-electron chi connectivity index (χ1n) is 5.78. The van der Waals surface area contributed by atoms with E-state index >= 15 is 0 Å². The van der Waals surface area contributed by atoms with Crippen molar-refractivity contribution in [2.45, 2.75) is 19.8 Å². The van der Waals surface area contributed by atoms with Crippen molar-refractivity contribution in [1.82, 2.24) is 10.6 Å². The van der Waals surface area contributed by atoms with Gasteiger partial charge in [-0.05, 0) is 18.0 Å². The average molecular weight is 291 g/mol. The van der Waals surface area contributed by atoms with Crippen molar-refractivity contribution in [3.63, 3.8) is 0 Å². The minimum Gasteiger partial charge on any atom is -0.355 e. The third-order valence-corrected chi connectivity index (χ3v) is 3.16. The first-order chi connectivity index (χ1) is 8.24. The summed E-state index contributed by atoms with van der Waals surface area (Å²) < 4.78 is 0. The molecule has 4 nitrogen and oxygen atoms in total. The van der Waals surface area contributed by atoms with E-state index in [1.807, 2.05) is 18.4 Å². The van der Waals surface area contributed by atoms with Crippen molar-refractivity contribution in [3.05, 3.63) is 22.4 Å². The highest BCUT2D eigenvalue weighted by molar-refractivity contribution is 7.12. The van der Waals surface area contributed by atoms with E-state index in [1.165, 1.54) is 11.3 Å². The van der Waals surface area contributed by atoms with Crippen LogP contribution in [0.1, 0.15) is 29.4 Å². The molecule has 0 spiro atoms. The number of likely N-dealkylation sites (N-methyl/N-ethyl adjacent to an activating group) is 1. The fourth-order valence-electron chi connectivity index (χ4n) is 1.34. The van der Waals surface area contributed by atoms with Crippen LogP contribution in [0.5, 0.6) is 0 Å². The lowest BCUT2D eigenvalue weighted by atomic mass is 10.2. The number of rotatable bonds is 8. The van der Waals surface area contributed by atoms with E-state index in [2.05, 4.69) is 10.6 Å². The fraction of sp³-hybridized carbons (Fsp3) is 0.500. The molecule has 18 heavy (non-hydrogen) atoms. The van der Waals surface area contributed by atoms with Gasteiger partial charge in [0.15, 0.2) is 5.78 Å². The van der Waals surface area contributed by atoms with Gasteiger partial charge in [0.1, 0.15) is 0 Å². The molecule has 0 atom stereocenters. The monoisotopic (exact) mass is 290 g/mol. The van der Waals surface area contributed by atoms with Gasteiger partial charge >= 0.3 is 0 Å². The van der Waals surface area contributed by atoms with Crippen molar-refractivity contribution in [2.75, 3.05) is 19.6 Å². The summed E-state index contributed by atoms with van der Waals surface area (Å²) >= 11 is 1.42. The second-order valence-electron chi connectivity index (χ2n) is 3.60. The number of ketones is 1. The molecule has 0 aliphatic heterocycles. The van der Waals surface area contributed by atoms with Gasteiger partial charge in [-0.1, -0.05) is 13.0 Å². The SMILES string of the molecule is CCNCCNC(=O)CCC(=O)c1cccs1.Cl. The van der Waals surface area contributed by atoms with E-state index in [0.717, 1.165) is 18.0 Å².